The number of urea groups is 1. The summed E-state index contributed by atoms with van der Waals surface area (Å²) in [5, 5.41) is 5.27. The van der Waals surface area contributed by atoms with Crippen LogP contribution in [-0.2, 0) is 16.0 Å². The van der Waals surface area contributed by atoms with E-state index in [9.17, 15) is 14.4 Å². The normalized spacial score (nSPS) is 11.6. The molecule has 2 rings (SSSR count). The number of para-hydroxylation sites is 1. The second-order valence-electron chi connectivity index (χ2n) is 6.77. The largest absolute Gasteiger partial charge is 0.456 e. The highest BCUT2D eigenvalue weighted by Crippen LogP contribution is 2.09. The highest BCUT2D eigenvalue weighted by atomic mass is 16.5. The Labute approximate surface area is 165 Å². The van der Waals surface area contributed by atoms with E-state index >= 15 is 0 Å². The first kappa shape index (κ1) is 21.2. The van der Waals surface area contributed by atoms with Gasteiger partial charge in [-0.25, -0.2) is 9.59 Å². The zero-order chi connectivity index (χ0) is 20.5. The average molecular weight is 382 g/mol. The molecule has 28 heavy (non-hydrogen) atoms. The number of ketones is 1. The molecule has 2 amide bonds. The van der Waals surface area contributed by atoms with Crippen molar-refractivity contribution in [2.45, 2.75) is 33.2 Å². The molecule has 148 valence electrons. The Morgan fingerprint density at radius 2 is 1.61 bits per heavy atom. The summed E-state index contributed by atoms with van der Waals surface area (Å²) in [4.78, 5) is 36.8. The van der Waals surface area contributed by atoms with E-state index in [-0.39, 0.29) is 18.3 Å². The van der Waals surface area contributed by atoms with Gasteiger partial charge in [-0.1, -0.05) is 63.2 Å². The van der Waals surface area contributed by atoms with E-state index in [1.54, 1.807) is 50.2 Å². The number of amides is 2. The molecule has 2 aromatic rings. The molecule has 0 unspecified atom stereocenters. The van der Waals surface area contributed by atoms with Crippen LogP contribution in [0.4, 0.5) is 10.5 Å². The summed E-state index contributed by atoms with van der Waals surface area (Å²) in [7, 11) is 0. The van der Waals surface area contributed by atoms with Gasteiger partial charge >= 0.3 is 12.0 Å². The number of rotatable bonds is 8. The number of hydrogen-bond acceptors (Lipinski definition) is 4. The van der Waals surface area contributed by atoms with Crippen molar-refractivity contribution in [3.8, 4) is 0 Å². The molecule has 1 atom stereocenters. The first-order valence-electron chi connectivity index (χ1n) is 9.32. The molecule has 0 radical (unpaired) electrons. The van der Waals surface area contributed by atoms with Gasteiger partial charge in [-0.15, -0.1) is 0 Å². The molecule has 0 aliphatic carbocycles. The zero-order valence-electron chi connectivity index (χ0n) is 16.4. The van der Waals surface area contributed by atoms with Crippen molar-refractivity contribution < 1.29 is 19.1 Å². The molecule has 0 aliphatic rings. The minimum absolute atomic E-state index is 0.201. The maximum Gasteiger partial charge on any atom is 0.329 e. The van der Waals surface area contributed by atoms with Crippen molar-refractivity contribution in [3.63, 3.8) is 0 Å². The van der Waals surface area contributed by atoms with Gasteiger partial charge in [0.1, 0.15) is 6.04 Å². The Kier molecular flexibility index (Phi) is 7.75. The van der Waals surface area contributed by atoms with Crippen molar-refractivity contribution in [3.05, 3.63) is 65.7 Å². The zero-order valence-corrected chi connectivity index (χ0v) is 16.4. The minimum Gasteiger partial charge on any atom is -0.456 e. The van der Waals surface area contributed by atoms with Crippen LogP contribution in [0.2, 0.25) is 0 Å². The summed E-state index contributed by atoms with van der Waals surface area (Å²) in [5.74, 6) is -1.13. The highest BCUT2D eigenvalue weighted by Gasteiger charge is 2.26. The van der Waals surface area contributed by atoms with Gasteiger partial charge in [0.2, 0.25) is 0 Å². The summed E-state index contributed by atoms with van der Waals surface area (Å²) in [6.45, 7) is 5.25. The Morgan fingerprint density at radius 3 is 2.18 bits per heavy atom. The number of carbonyl (C=O) groups excluding carboxylic acids is 3. The molecule has 2 aromatic carbocycles. The standard InChI is InChI=1S/C22H26N2O4/c1-4-16-10-12-17(13-11-16)19(25)14-28-21(26)20(15(2)3)24-22(27)23-18-8-6-5-7-9-18/h5-13,15,20H,4,14H2,1-3H3,(H2,23,24,27)/t20-/m1/s1. The third-order valence-corrected chi connectivity index (χ3v) is 4.27. The molecule has 6 heteroatoms. The van der Waals surface area contributed by atoms with Crippen LogP contribution >= 0.6 is 0 Å². The van der Waals surface area contributed by atoms with Gasteiger partial charge in [-0.05, 0) is 30.0 Å². The first-order chi connectivity index (χ1) is 13.4. The van der Waals surface area contributed by atoms with E-state index in [1.807, 2.05) is 25.1 Å². The third kappa shape index (κ3) is 6.23. The second kappa shape index (κ2) is 10.3. The number of carbonyl (C=O) groups is 3. The number of Topliss-reactive ketones (excluding diaryl/α,β-unsaturated/α-hetero) is 1. The molecule has 0 bridgehead atoms. The molecule has 6 nitrogen and oxygen atoms in total. The topological polar surface area (TPSA) is 84.5 Å². The van der Waals surface area contributed by atoms with Crippen molar-refractivity contribution in [2.24, 2.45) is 5.92 Å². The summed E-state index contributed by atoms with van der Waals surface area (Å²) < 4.78 is 5.16. The fourth-order valence-electron chi connectivity index (χ4n) is 2.56. The molecule has 2 N–H and O–H groups in total. The molecule has 0 saturated heterocycles. The van der Waals surface area contributed by atoms with Crippen molar-refractivity contribution >= 4 is 23.5 Å². The van der Waals surface area contributed by atoms with Crippen molar-refractivity contribution in [1.29, 1.82) is 0 Å². The minimum atomic E-state index is -0.862. The third-order valence-electron chi connectivity index (χ3n) is 4.27. The number of benzene rings is 2. The van der Waals surface area contributed by atoms with Gasteiger partial charge in [0.05, 0.1) is 0 Å². The van der Waals surface area contributed by atoms with E-state index in [2.05, 4.69) is 10.6 Å². The maximum absolute atomic E-state index is 12.4. The summed E-state index contributed by atoms with van der Waals surface area (Å²) in [6, 6.07) is 14.7. The van der Waals surface area contributed by atoms with Crippen LogP contribution in [0.25, 0.3) is 0 Å². The van der Waals surface area contributed by atoms with Gasteiger partial charge in [0.15, 0.2) is 12.4 Å². The molecule has 0 aliphatic heterocycles. The summed E-state index contributed by atoms with van der Waals surface area (Å²) >= 11 is 0. The molecule has 0 fully saturated rings. The van der Waals surface area contributed by atoms with E-state index < -0.39 is 18.0 Å². The van der Waals surface area contributed by atoms with Crippen LogP contribution in [-0.4, -0.2) is 30.4 Å². The highest BCUT2D eigenvalue weighted by molar-refractivity contribution is 5.98. The monoisotopic (exact) mass is 382 g/mol. The van der Waals surface area contributed by atoms with Crippen molar-refractivity contribution in [1.82, 2.24) is 5.32 Å². The molecule has 0 saturated carbocycles. The van der Waals surface area contributed by atoms with E-state index in [0.717, 1.165) is 12.0 Å². The van der Waals surface area contributed by atoms with Gasteiger partial charge in [-0.2, -0.15) is 0 Å². The fourth-order valence-corrected chi connectivity index (χ4v) is 2.56. The Balaban J connectivity index is 1.90. The lowest BCUT2D eigenvalue weighted by atomic mass is 10.0. The Bertz CT molecular complexity index is 801. The lowest BCUT2D eigenvalue weighted by Gasteiger charge is -2.21. The van der Waals surface area contributed by atoms with Crippen LogP contribution < -0.4 is 10.6 Å². The predicted octanol–water partition coefficient (Wildman–Crippen LogP) is 3.82. The number of anilines is 1. The van der Waals surface area contributed by atoms with Crippen LogP contribution in [0.15, 0.2) is 54.6 Å². The quantitative estimate of drug-likeness (QED) is 0.537. The molecular weight excluding hydrogens is 356 g/mol. The van der Waals surface area contributed by atoms with E-state index in [1.165, 1.54) is 0 Å². The first-order valence-corrected chi connectivity index (χ1v) is 9.32. The Hall–Kier alpha value is -3.15. The van der Waals surface area contributed by atoms with Crippen LogP contribution in [0, 0.1) is 5.92 Å². The van der Waals surface area contributed by atoms with Crippen LogP contribution in [0.1, 0.15) is 36.7 Å². The number of nitrogens with one attached hydrogen (secondary N) is 2. The summed E-state index contributed by atoms with van der Waals surface area (Å²) in [6.07, 6.45) is 0.885. The molecular formula is C22H26N2O4. The maximum atomic E-state index is 12.4. The van der Waals surface area contributed by atoms with E-state index in [4.69, 9.17) is 4.74 Å². The van der Waals surface area contributed by atoms with Gasteiger partial charge < -0.3 is 15.4 Å². The molecule has 0 heterocycles. The molecule has 0 spiro atoms. The van der Waals surface area contributed by atoms with Crippen molar-refractivity contribution in [2.75, 3.05) is 11.9 Å². The predicted molar refractivity (Wildman–Crippen MR) is 108 cm³/mol. The van der Waals surface area contributed by atoms with Crippen LogP contribution in [0.3, 0.4) is 0 Å². The average Bonchev–Trinajstić information content (AvgIpc) is 2.70. The smallest absolute Gasteiger partial charge is 0.329 e. The lowest BCUT2D eigenvalue weighted by molar-refractivity contribution is -0.145. The Morgan fingerprint density at radius 1 is 0.964 bits per heavy atom. The van der Waals surface area contributed by atoms with E-state index in [0.29, 0.717) is 11.3 Å². The van der Waals surface area contributed by atoms with Gasteiger partial charge in [0, 0.05) is 11.3 Å². The summed E-state index contributed by atoms with van der Waals surface area (Å²) in [5.41, 5.74) is 2.23. The van der Waals surface area contributed by atoms with Crippen LogP contribution in [0.5, 0.6) is 0 Å². The fraction of sp³-hybridized carbons (Fsp3) is 0.318. The van der Waals surface area contributed by atoms with Gasteiger partial charge in [-0.3, -0.25) is 4.79 Å². The number of hydrogen-bond donors (Lipinski definition) is 2. The number of esters is 1. The second-order valence-corrected chi connectivity index (χ2v) is 6.77. The van der Waals surface area contributed by atoms with Gasteiger partial charge in [0.25, 0.3) is 0 Å². The lowest BCUT2D eigenvalue weighted by Crippen LogP contribution is -2.47. The molecule has 0 aromatic heterocycles. The number of ether oxygens (including phenoxy) is 1. The SMILES string of the molecule is CCc1ccc(C(=O)COC(=O)[C@H](NC(=O)Nc2ccccc2)C(C)C)cc1. The number of aryl methyl sites for hydroxylation is 1.